The van der Waals surface area contributed by atoms with Crippen LogP contribution in [0.2, 0.25) is 0 Å². The van der Waals surface area contributed by atoms with Crippen molar-refractivity contribution in [3.05, 3.63) is 64.7 Å². The van der Waals surface area contributed by atoms with Crippen molar-refractivity contribution < 1.29 is 14.6 Å². The number of hydrogen-bond donors (Lipinski definition) is 1. The molecule has 0 aromatic heterocycles. The third-order valence-electron chi connectivity index (χ3n) is 3.41. The van der Waals surface area contributed by atoms with Crippen LogP contribution in [0, 0.1) is 6.92 Å². The summed E-state index contributed by atoms with van der Waals surface area (Å²) >= 11 is 0. The van der Waals surface area contributed by atoms with E-state index in [2.05, 4.69) is 26.0 Å². The number of carboxylic acids is 1. The summed E-state index contributed by atoms with van der Waals surface area (Å²) in [7, 11) is 0. The Balaban J connectivity index is 2.12. The molecule has 0 amide bonds. The van der Waals surface area contributed by atoms with Crippen LogP contribution in [0.3, 0.4) is 0 Å². The molecule has 0 aliphatic heterocycles. The van der Waals surface area contributed by atoms with Gasteiger partial charge in [0.15, 0.2) is 0 Å². The number of aromatic carboxylic acids is 1. The Morgan fingerprint density at radius 3 is 2.38 bits per heavy atom. The molecule has 0 spiro atoms. The first kappa shape index (κ1) is 15.1. The van der Waals surface area contributed by atoms with Crippen LogP contribution in [0.4, 0.5) is 0 Å². The maximum absolute atomic E-state index is 11.2. The van der Waals surface area contributed by atoms with E-state index in [0.717, 1.165) is 11.1 Å². The zero-order valence-electron chi connectivity index (χ0n) is 12.6. The van der Waals surface area contributed by atoms with E-state index in [0.29, 0.717) is 18.3 Å². The fraction of sp³-hybridized carbons (Fsp3) is 0.278. The highest BCUT2D eigenvalue weighted by Crippen LogP contribution is 2.22. The van der Waals surface area contributed by atoms with E-state index in [1.54, 1.807) is 18.2 Å². The van der Waals surface area contributed by atoms with Gasteiger partial charge in [0.2, 0.25) is 0 Å². The number of ether oxygens (including phenoxy) is 1. The molecular formula is C18H20O3. The Bertz CT molecular complexity index is 627. The van der Waals surface area contributed by atoms with Crippen LogP contribution >= 0.6 is 0 Å². The summed E-state index contributed by atoms with van der Waals surface area (Å²) in [6.45, 7) is 6.58. The van der Waals surface area contributed by atoms with Crippen LogP contribution in [0.15, 0.2) is 42.5 Å². The maximum atomic E-state index is 11.2. The van der Waals surface area contributed by atoms with Crippen LogP contribution in [0.25, 0.3) is 0 Å². The lowest BCUT2D eigenvalue weighted by atomic mass is 10.0. The number of carbonyl (C=O) groups is 1. The summed E-state index contributed by atoms with van der Waals surface area (Å²) in [5.41, 5.74) is 3.47. The maximum Gasteiger partial charge on any atom is 0.339 e. The SMILES string of the molecule is Cc1ccc(C(=O)O)c(OCc2ccc(C(C)C)cc2)c1. The zero-order valence-corrected chi connectivity index (χ0v) is 12.6. The van der Waals surface area contributed by atoms with E-state index in [1.165, 1.54) is 5.56 Å². The Labute approximate surface area is 125 Å². The minimum atomic E-state index is -0.972. The number of aryl methyl sites for hydroxylation is 1. The van der Waals surface area contributed by atoms with E-state index in [-0.39, 0.29) is 5.56 Å². The molecule has 0 fully saturated rings. The monoisotopic (exact) mass is 284 g/mol. The van der Waals surface area contributed by atoms with Crippen molar-refractivity contribution in [2.24, 2.45) is 0 Å². The molecule has 0 heterocycles. The van der Waals surface area contributed by atoms with E-state index >= 15 is 0 Å². The van der Waals surface area contributed by atoms with Crippen molar-refractivity contribution in [1.29, 1.82) is 0 Å². The topological polar surface area (TPSA) is 46.5 Å². The molecule has 0 bridgehead atoms. The molecule has 2 aromatic carbocycles. The lowest BCUT2D eigenvalue weighted by molar-refractivity contribution is 0.0691. The van der Waals surface area contributed by atoms with Gasteiger partial charge in [-0.15, -0.1) is 0 Å². The molecule has 1 N–H and O–H groups in total. The van der Waals surface area contributed by atoms with Crippen molar-refractivity contribution in [2.45, 2.75) is 33.3 Å². The summed E-state index contributed by atoms with van der Waals surface area (Å²) in [5.74, 6) is -0.0639. The molecule has 2 aromatic rings. The summed E-state index contributed by atoms with van der Waals surface area (Å²) < 4.78 is 5.68. The molecule has 2 rings (SSSR count). The molecule has 0 aliphatic rings. The first-order valence-corrected chi connectivity index (χ1v) is 7.03. The van der Waals surface area contributed by atoms with Crippen LogP contribution < -0.4 is 4.74 Å². The van der Waals surface area contributed by atoms with Gasteiger partial charge in [-0.05, 0) is 41.7 Å². The van der Waals surface area contributed by atoms with Crippen molar-refractivity contribution in [2.75, 3.05) is 0 Å². The zero-order chi connectivity index (χ0) is 15.4. The van der Waals surface area contributed by atoms with Crippen LogP contribution in [-0.2, 0) is 6.61 Å². The van der Waals surface area contributed by atoms with Gasteiger partial charge in [-0.1, -0.05) is 44.2 Å². The lowest BCUT2D eigenvalue weighted by Crippen LogP contribution is -2.04. The van der Waals surface area contributed by atoms with Crippen molar-refractivity contribution >= 4 is 5.97 Å². The van der Waals surface area contributed by atoms with Gasteiger partial charge in [-0.3, -0.25) is 0 Å². The largest absolute Gasteiger partial charge is 0.488 e. The van der Waals surface area contributed by atoms with Gasteiger partial charge in [0.05, 0.1) is 0 Å². The lowest BCUT2D eigenvalue weighted by Gasteiger charge is -2.11. The van der Waals surface area contributed by atoms with Crippen LogP contribution in [0.1, 0.15) is 46.8 Å². The summed E-state index contributed by atoms with van der Waals surface area (Å²) in [6.07, 6.45) is 0. The highest BCUT2D eigenvalue weighted by molar-refractivity contribution is 5.90. The minimum Gasteiger partial charge on any atom is -0.488 e. The molecule has 0 saturated carbocycles. The number of benzene rings is 2. The Hall–Kier alpha value is -2.29. The molecular weight excluding hydrogens is 264 g/mol. The second-order valence-electron chi connectivity index (χ2n) is 5.49. The number of carboxylic acid groups (broad SMARTS) is 1. The smallest absolute Gasteiger partial charge is 0.339 e. The highest BCUT2D eigenvalue weighted by Gasteiger charge is 2.11. The molecule has 0 aliphatic carbocycles. The Morgan fingerprint density at radius 1 is 1.14 bits per heavy atom. The molecule has 0 atom stereocenters. The van der Waals surface area contributed by atoms with E-state index in [1.807, 2.05) is 19.1 Å². The quantitative estimate of drug-likeness (QED) is 0.885. The first-order valence-electron chi connectivity index (χ1n) is 7.03. The van der Waals surface area contributed by atoms with Crippen LogP contribution in [-0.4, -0.2) is 11.1 Å². The highest BCUT2D eigenvalue weighted by atomic mass is 16.5. The van der Waals surface area contributed by atoms with E-state index in [4.69, 9.17) is 4.74 Å². The predicted molar refractivity (Wildman–Crippen MR) is 83.0 cm³/mol. The van der Waals surface area contributed by atoms with Gasteiger partial charge in [-0.25, -0.2) is 4.79 Å². The molecule has 110 valence electrons. The van der Waals surface area contributed by atoms with Crippen molar-refractivity contribution in [1.82, 2.24) is 0 Å². The van der Waals surface area contributed by atoms with Crippen LogP contribution in [0.5, 0.6) is 5.75 Å². The summed E-state index contributed by atoms with van der Waals surface area (Å²) in [6, 6.07) is 13.3. The molecule has 3 heteroatoms. The van der Waals surface area contributed by atoms with E-state index < -0.39 is 5.97 Å². The Kier molecular flexibility index (Phi) is 4.63. The predicted octanol–water partition coefficient (Wildman–Crippen LogP) is 4.40. The minimum absolute atomic E-state index is 0.194. The standard InChI is InChI=1S/C18H20O3/c1-12(2)15-7-5-14(6-8-15)11-21-17-10-13(3)4-9-16(17)18(19)20/h4-10,12H,11H2,1-3H3,(H,19,20). The summed E-state index contributed by atoms with van der Waals surface area (Å²) in [5, 5.41) is 9.17. The fourth-order valence-electron chi connectivity index (χ4n) is 2.09. The third-order valence-corrected chi connectivity index (χ3v) is 3.41. The molecule has 21 heavy (non-hydrogen) atoms. The van der Waals surface area contributed by atoms with Gasteiger partial charge in [-0.2, -0.15) is 0 Å². The molecule has 3 nitrogen and oxygen atoms in total. The van der Waals surface area contributed by atoms with Crippen molar-refractivity contribution in [3.8, 4) is 5.75 Å². The number of hydrogen-bond acceptors (Lipinski definition) is 2. The second-order valence-corrected chi connectivity index (χ2v) is 5.49. The Morgan fingerprint density at radius 2 is 1.81 bits per heavy atom. The van der Waals surface area contributed by atoms with Crippen molar-refractivity contribution in [3.63, 3.8) is 0 Å². The molecule has 0 saturated heterocycles. The molecule has 0 unspecified atom stereocenters. The van der Waals surface area contributed by atoms with Gasteiger partial charge in [0.25, 0.3) is 0 Å². The molecule has 0 radical (unpaired) electrons. The average molecular weight is 284 g/mol. The average Bonchev–Trinajstić information content (AvgIpc) is 2.45. The fourth-order valence-corrected chi connectivity index (χ4v) is 2.09. The number of rotatable bonds is 5. The van der Waals surface area contributed by atoms with Gasteiger partial charge < -0.3 is 9.84 Å². The summed E-state index contributed by atoms with van der Waals surface area (Å²) in [4.78, 5) is 11.2. The van der Waals surface area contributed by atoms with Gasteiger partial charge in [0.1, 0.15) is 17.9 Å². The van der Waals surface area contributed by atoms with Gasteiger partial charge in [0, 0.05) is 0 Å². The van der Waals surface area contributed by atoms with Gasteiger partial charge >= 0.3 is 5.97 Å². The normalized spacial score (nSPS) is 10.7. The third kappa shape index (κ3) is 3.85. The second kappa shape index (κ2) is 6.44. The first-order chi connectivity index (χ1) is 9.97. The van der Waals surface area contributed by atoms with E-state index in [9.17, 15) is 9.90 Å².